The summed E-state index contributed by atoms with van der Waals surface area (Å²) in [5.41, 5.74) is 2.34. The van der Waals surface area contributed by atoms with E-state index in [1.165, 1.54) is 63.8 Å². The fourth-order valence-electron chi connectivity index (χ4n) is 5.30. The molecule has 0 atom stereocenters. The molecule has 1 aromatic carbocycles. The summed E-state index contributed by atoms with van der Waals surface area (Å²) in [6.07, 6.45) is 9.92. The number of rotatable bonds is 8. The van der Waals surface area contributed by atoms with Crippen LogP contribution in [0.2, 0.25) is 0 Å². The molecule has 1 saturated heterocycles. The zero-order valence-corrected chi connectivity index (χ0v) is 20.4. The Labute approximate surface area is 201 Å². The van der Waals surface area contributed by atoms with Crippen LogP contribution in [0.1, 0.15) is 38.5 Å². The van der Waals surface area contributed by atoms with Crippen LogP contribution in [0, 0.1) is 0 Å². The Balaban J connectivity index is 1.15. The lowest BCUT2D eigenvalue weighted by molar-refractivity contribution is 0.0789. The van der Waals surface area contributed by atoms with Gasteiger partial charge in [-0.25, -0.2) is 9.97 Å². The third-order valence-electron chi connectivity index (χ3n) is 7.21. The van der Waals surface area contributed by atoms with E-state index in [1.807, 2.05) is 12.1 Å². The minimum atomic E-state index is 0.855. The highest BCUT2D eigenvalue weighted by Gasteiger charge is 2.24. The number of hydrogen-bond acceptors (Lipinski definition) is 7. The first kappa shape index (κ1) is 22.6. The molecule has 1 aliphatic heterocycles. The Morgan fingerprint density at radius 2 is 1.82 bits per heavy atom. The summed E-state index contributed by atoms with van der Waals surface area (Å²) in [5.74, 6) is 1.81. The summed E-state index contributed by atoms with van der Waals surface area (Å²) >= 11 is 1.67. The third kappa shape index (κ3) is 5.31. The lowest BCUT2D eigenvalue weighted by Gasteiger charge is -2.40. The number of fused-ring (bicyclic) bond motifs is 1. The van der Waals surface area contributed by atoms with Crippen LogP contribution in [-0.4, -0.2) is 72.2 Å². The van der Waals surface area contributed by atoms with Crippen LogP contribution >= 0.6 is 11.3 Å². The number of piperazine rings is 1. The number of hydrogen-bond donors (Lipinski definition) is 1. The highest BCUT2D eigenvalue weighted by molar-refractivity contribution is 7.17. The fourth-order valence-corrected chi connectivity index (χ4v) is 6.22. The van der Waals surface area contributed by atoms with Crippen molar-refractivity contribution in [1.29, 1.82) is 0 Å². The molecule has 2 fully saturated rings. The van der Waals surface area contributed by atoms with Gasteiger partial charge >= 0.3 is 0 Å². The van der Waals surface area contributed by atoms with Gasteiger partial charge in [-0.1, -0.05) is 31.4 Å². The summed E-state index contributed by atoms with van der Waals surface area (Å²) < 4.78 is 5.31. The molecular formula is C26H35N5OS. The van der Waals surface area contributed by atoms with E-state index in [1.54, 1.807) is 24.8 Å². The van der Waals surface area contributed by atoms with E-state index >= 15 is 0 Å². The molecule has 1 N–H and O–H groups in total. The van der Waals surface area contributed by atoms with Crippen LogP contribution in [0.5, 0.6) is 5.75 Å². The molecule has 2 aliphatic rings. The van der Waals surface area contributed by atoms with Gasteiger partial charge in [0, 0.05) is 49.7 Å². The van der Waals surface area contributed by atoms with Crippen molar-refractivity contribution in [3.63, 3.8) is 0 Å². The normalized spacial score (nSPS) is 18.6. The van der Waals surface area contributed by atoms with Gasteiger partial charge in [-0.15, -0.1) is 11.3 Å². The van der Waals surface area contributed by atoms with Gasteiger partial charge in [0.05, 0.1) is 12.5 Å². The van der Waals surface area contributed by atoms with Gasteiger partial charge in [0.25, 0.3) is 0 Å². The molecule has 2 aromatic heterocycles. The Morgan fingerprint density at radius 3 is 2.58 bits per heavy atom. The van der Waals surface area contributed by atoms with Crippen LogP contribution in [0.15, 0.2) is 36.0 Å². The number of nitrogens with zero attached hydrogens (tertiary/aromatic N) is 4. The molecule has 33 heavy (non-hydrogen) atoms. The summed E-state index contributed by atoms with van der Waals surface area (Å²) in [6, 6.07) is 9.06. The SMILES string of the molecule is COc1ccc(-c2csc3ncnc(NCCCN4CCN(C5CCCCC5)CC4)c23)cc1. The second-order valence-electron chi connectivity index (χ2n) is 9.23. The molecule has 6 nitrogen and oxygen atoms in total. The van der Waals surface area contributed by atoms with E-state index in [0.29, 0.717) is 0 Å². The molecule has 0 spiro atoms. The van der Waals surface area contributed by atoms with Gasteiger partial charge in [0.2, 0.25) is 0 Å². The highest BCUT2D eigenvalue weighted by atomic mass is 32.1. The molecule has 0 amide bonds. The van der Waals surface area contributed by atoms with Gasteiger partial charge in [0.15, 0.2) is 0 Å². The molecule has 176 valence electrons. The molecule has 0 bridgehead atoms. The number of nitrogens with one attached hydrogen (secondary N) is 1. The molecule has 7 heteroatoms. The summed E-state index contributed by atoms with van der Waals surface area (Å²) in [7, 11) is 1.70. The first-order valence-corrected chi connectivity index (χ1v) is 13.3. The van der Waals surface area contributed by atoms with Crippen molar-refractivity contribution in [2.45, 2.75) is 44.6 Å². The van der Waals surface area contributed by atoms with E-state index < -0.39 is 0 Å². The first-order chi connectivity index (χ1) is 16.3. The van der Waals surface area contributed by atoms with Crippen LogP contribution in [0.3, 0.4) is 0 Å². The minimum absolute atomic E-state index is 0.855. The van der Waals surface area contributed by atoms with Crippen LogP contribution < -0.4 is 10.1 Å². The molecule has 1 saturated carbocycles. The molecule has 3 heterocycles. The average molecular weight is 466 g/mol. The van der Waals surface area contributed by atoms with Crippen LogP contribution in [0.25, 0.3) is 21.3 Å². The van der Waals surface area contributed by atoms with E-state index in [9.17, 15) is 0 Å². The van der Waals surface area contributed by atoms with Crippen molar-refractivity contribution in [3.05, 3.63) is 36.0 Å². The zero-order chi connectivity index (χ0) is 22.5. The van der Waals surface area contributed by atoms with Crippen molar-refractivity contribution in [1.82, 2.24) is 19.8 Å². The quantitative estimate of drug-likeness (QED) is 0.466. The smallest absolute Gasteiger partial charge is 0.138 e. The van der Waals surface area contributed by atoms with Gasteiger partial charge in [-0.3, -0.25) is 4.90 Å². The van der Waals surface area contributed by atoms with Crippen molar-refractivity contribution < 1.29 is 4.74 Å². The Hall–Kier alpha value is -2.22. The molecule has 0 radical (unpaired) electrons. The van der Waals surface area contributed by atoms with E-state index in [0.717, 1.165) is 52.9 Å². The lowest BCUT2D eigenvalue weighted by atomic mass is 9.94. The number of anilines is 1. The number of methoxy groups -OCH3 is 1. The van der Waals surface area contributed by atoms with E-state index in [2.05, 4.69) is 42.6 Å². The number of thiophene rings is 1. The lowest BCUT2D eigenvalue weighted by Crippen LogP contribution is -2.51. The average Bonchev–Trinajstić information content (AvgIpc) is 3.33. The highest BCUT2D eigenvalue weighted by Crippen LogP contribution is 2.37. The van der Waals surface area contributed by atoms with Gasteiger partial charge in [-0.2, -0.15) is 0 Å². The van der Waals surface area contributed by atoms with Crippen molar-refractivity contribution in [3.8, 4) is 16.9 Å². The number of aromatic nitrogens is 2. The second-order valence-corrected chi connectivity index (χ2v) is 10.1. The zero-order valence-electron chi connectivity index (χ0n) is 19.6. The molecule has 1 aliphatic carbocycles. The predicted molar refractivity (Wildman–Crippen MR) is 137 cm³/mol. The van der Waals surface area contributed by atoms with Gasteiger partial charge < -0.3 is 15.0 Å². The Bertz CT molecular complexity index is 1020. The first-order valence-electron chi connectivity index (χ1n) is 12.4. The van der Waals surface area contributed by atoms with Crippen LogP contribution in [-0.2, 0) is 0 Å². The van der Waals surface area contributed by atoms with Gasteiger partial charge in [-0.05, 0) is 43.5 Å². The van der Waals surface area contributed by atoms with Gasteiger partial charge in [0.1, 0.15) is 22.7 Å². The fraction of sp³-hybridized carbons (Fsp3) is 0.538. The monoisotopic (exact) mass is 465 g/mol. The van der Waals surface area contributed by atoms with Crippen molar-refractivity contribution >= 4 is 27.4 Å². The molecular weight excluding hydrogens is 430 g/mol. The largest absolute Gasteiger partial charge is 0.497 e. The number of ether oxygens (including phenoxy) is 1. The third-order valence-corrected chi connectivity index (χ3v) is 8.10. The molecule has 5 rings (SSSR count). The summed E-state index contributed by atoms with van der Waals surface area (Å²) in [5, 5.41) is 6.90. The Morgan fingerprint density at radius 1 is 1.03 bits per heavy atom. The molecule has 3 aromatic rings. The maximum absolute atomic E-state index is 5.31. The predicted octanol–water partition coefficient (Wildman–Crippen LogP) is 5.12. The topological polar surface area (TPSA) is 53.5 Å². The maximum Gasteiger partial charge on any atom is 0.138 e. The van der Waals surface area contributed by atoms with E-state index in [-0.39, 0.29) is 0 Å². The summed E-state index contributed by atoms with van der Waals surface area (Å²) in [4.78, 5) is 15.5. The second kappa shape index (κ2) is 10.8. The standard InChI is InChI=1S/C26H35N5OS/c1-32-22-10-8-20(9-11-22)23-18-33-26-24(23)25(28-19-29-26)27-12-5-13-30-14-16-31(17-15-30)21-6-3-2-4-7-21/h8-11,18-19,21H,2-7,12-17H2,1H3,(H,27,28,29). The van der Waals surface area contributed by atoms with Crippen LogP contribution in [0.4, 0.5) is 5.82 Å². The maximum atomic E-state index is 5.31. The Kier molecular flexibility index (Phi) is 7.39. The minimum Gasteiger partial charge on any atom is -0.497 e. The van der Waals surface area contributed by atoms with Crippen molar-refractivity contribution in [2.75, 3.05) is 51.7 Å². The molecule has 0 unspecified atom stereocenters. The van der Waals surface area contributed by atoms with Crippen molar-refractivity contribution in [2.24, 2.45) is 0 Å². The van der Waals surface area contributed by atoms with E-state index in [4.69, 9.17) is 4.74 Å². The summed E-state index contributed by atoms with van der Waals surface area (Å²) in [6.45, 7) is 6.97. The number of benzene rings is 1.